The summed E-state index contributed by atoms with van der Waals surface area (Å²) in [6.45, 7) is 7.07. The van der Waals surface area contributed by atoms with Crippen molar-refractivity contribution in [1.29, 1.82) is 0 Å². The summed E-state index contributed by atoms with van der Waals surface area (Å²) in [5, 5.41) is 12.4. The number of halogens is 2. The van der Waals surface area contributed by atoms with Crippen molar-refractivity contribution in [3.63, 3.8) is 0 Å². The van der Waals surface area contributed by atoms with Crippen molar-refractivity contribution in [1.82, 2.24) is 3.97 Å². The molecule has 40 heavy (non-hydrogen) atoms. The van der Waals surface area contributed by atoms with Crippen LogP contribution < -0.4 is 0 Å². The molecule has 0 aliphatic carbocycles. The van der Waals surface area contributed by atoms with Crippen LogP contribution in [0.5, 0.6) is 0 Å². The smallest absolute Gasteiger partial charge is 0.356 e. The number of aryl methyl sites for hydroxylation is 1. The fourth-order valence-corrected chi connectivity index (χ4v) is 7.44. The van der Waals surface area contributed by atoms with Crippen LogP contribution in [0.15, 0.2) is 64.9 Å². The largest absolute Gasteiger partial charge is 0.478 e. The molecule has 0 unspecified atom stereocenters. The Bertz CT molecular complexity index is 1740. The average Bonchev–Trinajstić information content (AvgIpc) is 3.49. The Labute approximate surface area is 246 Å². The predicted molar refractivity (Wildman–Crippen MR) is 159 cm³/mol. The van der Waals surface area contributed by atoms with Gasteiger partial charge in [-0.3, -0.25) is 0 Å². The van der Waals surface area contributed by atoms with Gasteiger partial charge in [-0.05, 0) is 67.0 Å². The third kappa shape index (κ3) is 5.83. The number of aliphatic carboxylic acids is 1. The van der Waals surface area contributed by atoms with Gasteiger partial charge in [0.15, 0.2) is 0 Å². The molecule has 2 aromatic heterocycles. The SMILES string of the molecule is CCOC(=O)c1c(CC(C)(C)/C=C(\C(=O)O)c2cccs2)c2c(Cl)cc(Cl)cc2n1S(=O)(=O)c1ccc(C)cc1. The first-order chi connectivity index (χ1) is 18.8. The zero-order valence-electron chi connectivity index (χ0n) is 22.2. The molecule has 4 aromatic rings. The molecule has 0 fully saturated rings. The number of hydrogen-bond acceptors (Lipinski definition) is 6. The minimum Gasteiger partial charge on any atom is -0.478 e. The van der Waals surface area contributed by atoms with Crippen LogP contribution in [0, 0.1) is 12.3 Å². The molecular weight excluding hydrogens is 593 g/mol. The Balaban J connectivity index is 2.05. The fourth-order valence-electron chi connectivity index (χ4n) is 4.59. The molecule has 0 radical (unpaired) electrons. The van der Waals surface area contributed by atoms with Crippen LogP contribution >= 0.6 is 34.5 Å². The van der Waals surface area contributed by atoms with E-state index in [1.54, 1.807) is 56.5 Å². The Morgan fingerprint density at radius 2 is 1.80 bits per heavy atom. The van der Waals surface area contributed by atoms with E-state index < -0.39 is 27.4 Å². The van der Waals surface area contributed by atoms with Crippen molar-refractivity contribution in [2.75, 3.05) is 6.61 Å². The zero-order chi connectivity index (χ0) is 29.4. The maximum absolute atomic E-state index is 14.1. The van der Waals surface area contributed by atoms with Crippen LogP contribution in [0.2, 0.25) is 10.0 Å². The first kappa shape index (κ1) is 29.9. The normalized spacial score (nSPS) is 12.6. The van der Waals surface area contributed by atoms with E-state index in [4.69, 9.17) is 27.9 Å². The standard InChI is InChI=1S/C29H27Cl2NO6S2/c1-5-38-28(35)26-21(16-29(3,4)15-20(27(33)34)24-7-6-12-39-24)25-22(31)13-18(30)14-23(25)32(26)40(36,37)19-10-8-17(2)9-11-19/h6-15H,5,16H2,1-4H3,(H,33,34)/b20-15-. The number of carboxylic acids is 1. The number of fused-ring (bicyclic) bond motifs is 1. The lowest BCUT2D eigenvalue weighted by molar-refractivity contribution is -0.130. The number of thiophene rings is 1. The number of esters is 1. The van der Waals surface area contributed by atoms with Crippen molar-refractivity contribution in [2.45, 2.75) is 39.0 Å². The summed E-state index contributed by atoms with van der Waals surface area (Å²) in [6.07, 6.45) is 1.68. The summed E-state index contributed by atoms with van der Waals surface area (Å²) in [4.78, 5) is 26.2. The van der Waals surface area contributed by atoms with Crippen LogP contribution in [0.3, 0.4) is 0 Å². The molecule has 4 rings (SSSR count). The van der Waals surface area contributed by atoms with Gasteiger partial charge in [0.1, 0.15) is 5.69 Å². The van der Waals surface area contributed by atoms with Crippen LogP contribution in [-0.2, 0) is 26.0 Å². The molecule has 0 atom stereocenters. The van der Waals surface area contributed by atoms with Crippen LogP contribution in [0.25, 0.3) is 16.5 Å². The Morgan fingerprint density at radius 3 is 2.38 bits per heavy atom. The van der Waals surface area contributed by atoms with Crippen molar-refractivity contribution >= 4 is 73.0 Å². The third-order valence-corrected chi connectivity index (χ3v) is 9.40. The van der Waals surface area contributed by atoms with Gasteiger partial charge >= 0.3 is 11.9 Å². The second-order valence-corrected chi connectivity index (χ2v) is 13.5. The average molecular weight is 621 g/mol. The quantitative estimate of drug-likeness (QED) is 0.154. The van der Waals surface area contributed by atoms with Crippen LogP contribution in [0.4, 0.5) is 0 Å². The van der Waals surface area contributed by atoms with E-state index in [2.05, 4.69) is 0 Å². The molecule has 210 valence electrons. The second kappa shape index (κ2) is 11.4. The Morgan fingerprint density at radius 1 is 1.12 bits per heavy atom. The predicted octanol–water partition coefficient (Wildman–Crippen LogP) is 7.47. The molecule has 0 spiro atoms. The van der Waals surface area contributed by atoms with E-state index in [1.165, 1.54) is 35.6 Å². The summed E-state index contributed by atoms with van der Waals surface area (Å²) in [5.41, 5.74) is 0.311. The molecule has 2 heterocycles. The molecule has 0 amide bonds. The third-order valence-electron chi connectivity index (χ3n) is 6.26. The lowest BCUT2D eigenvalue weighted by Gasteiger charge is -2.22. The minimum atomic E-state index is -4.33. The van der Waals surface area contributed by atoms with Crippen LogP contribution in [0.1, 0.15) is 47.3 Å². The van der Waals surface area contributed by atoms with Gasteiger partial charge < -0.3 is 9.84 Å². The molecule has 0 saturated heterocycles. The van der Waals surface area contributed by atoms with Gasteiger partial charge in [0.2, 0.25) is 0 Å². The van der Waals surface area contributed by atoms with Gasteiger partial charge in [-0.15, -0.1) is 11.3 Å². The molecule has 0 aliphatic heterocycles. The fraction of sp³-hybridized carbons (Fsp3) is 0.241. The molecule has 11 heteroatoms. The van der Waals surface area contributed by atoms with Crippen molar-refractivity contribution in [2.24, 2.45) is 5.41 Å². The molecule has 1 N–H and O–H groups in total. The number of rotatable bonds is 9. The number of nitrogens with zero attached hydrogens (tertiary/aromatic N) is 1. The highest BCUT2D eigenvalue weighted by atomic mass is 35.5. The molecular formula is C29H27Cl2NO6S2. The second-order valence-electron chi connectivity index (χ2n) is 9.92. The van der Waals surface area contributed by atoms with E-state index in [-0.39, 0.29) is 44.8 Å². The van der Waals surface area contributed by atoms with E-state index >= 15 is 0 Å². The molecule has 7 nitrogen and oxygen atoms in total. The van der Waals surface area contributed by atoms with Crippen LogP contribution in [-0.4, -0.2) is 36.0 Å². The molecule has 0 bridgehead atoms. The topological polar surface area (TPSA) is 103 Å². The summed E-state index contributed by atoms with van der Waals surface area (Å²) in [6, 6.07) is 12.6. The van der Waals surface area contributed by atoms with E-state index in [1.807, 2.05) is 6.92 Å². The summed E-state index contributed by atoms with van der Waals surface area (Å²) in [5.74, 6) is -1.96. The highest BCUT2D eigenvalue weighted by Crippen LogP contribution is 2.41. The summed E-state index contributed by atoms with van der Waals surface area (Å²) >= 11 is 14.3. The van der Waals surface area contributed by atoms with Gasteiger partial charge in [0.25, 0.3) is 10.0 Å². The maximum atomic E-state index is 14.1. The Kier molecular flexibility index (Phi) is 8.52. The lowest BCUT2D eigenvalue weighted by Crippen LogP contribution is -2.22. The van der Waals surface area contributed by atoms with Gasteiger partial charge in [0.05, 0.1) is 27.6 Å². The zero-order valence-corrected chi connectivity index (χ0v) is 25.3. The number of aromatic nitrogens is 1. The number of hydrogen-bond donors (Lipinski definition) is 1. The van der Waals surface area contributed by atoms with Gasteiger partial charge in [0, 0.05) is 15.3 Å². The Hall–Kier alpha value is -3.11. The van der Waals surface area contributed by atoms with Gasteiger partial charge in [-0.2, -0.15) is 0 Å². The van der Waals surface area contributed by atoms with Gasteiger partial charge in [-0.25, -0.2) is 22.0 Å². The van der Waals surface area contributed by atoms with E-state index in [0.717, 1.165) is 9.54 Å². The number of carbonyl (C=O) groups is 2. The van der Waals surface area contributed by atoms with Gasteiger partial charge in [-0.1, -0.05) is 66.9 Å². The summed E-state index contributed by atoms with van der Waals surface area (Å²) in [7, 11) is -4.33. The van der Waals surface area contributed by atoms with E-state index in [0.29, 0.717) is 15.8 Å². The highest BCUT2D eigenvalue weighted by molar-refractivity contribution is 7.90. The van der Waals surface area contributed by atoms with Crippen molar-refractivity contribution in [3.05, 3.63) is 91.7 Å². The minimum absolute atomic E-state index is 0.00367. The van der Waals surface area contributed by atoms with E-state index in [9.17, 15) is 23.1 Å². The highest BCUT2D eigenvalue weighted by Gasteiger charge is 2.35. The van der Waals surface area contributed by atoms with Crippen molar-refractivity contribution < 1.29 is 27.9 Å². The molecule has 0 aliphatic rings. The number of benzene rings is 2. The number of allylic oxidation sites excluding steroid dienone is 1. The molecule has 2 aromatic carbocycles. The first-order valence-electron chi connectivity index (χ1n) is 12.3. The first-order valence-corrected chi connectivity index (χ1v) is 15.4. The number of carboxylic acid groups (broad SMARTS) is 1. The monoisotopic (exact) mass is 619 g/mol. The summed E-state index contributed by atoms with van der Waals surface area (Å²) < 4.78 is 34.5. The maximum Gasteiger partial charge on any atom is 0.356 e. The lowest BCUT2D eigenvalue weighted by atomic mass is 9.82. The molecule has 0 saturated carbocycles. The number of ether oxygens (including phenoxy) is 1. The number of carbonyl (C=O) groups excluding carboxylic acids is 1. The van der Waals surface area contributed by atoms with Crippen molar-refractivity contribution in [3.8, 4) is 0 Å².